The maximum Gasteiger partial charge on any atom is 0.425 e. The van der Waals surface area contributed by atoms with Crippen molar-refractivity contribution in [1.29, 1.82) is 0 Å². The van der Waals surface area contributed by atoms with Crippen LogP contribution in [0.2, 0.25) is 0 Å². The quantitative estimate of drug-likeness (QED) is 0.674. The Bertz CT molecular complexity index is 1010. The standard InChI is InChI=1S/C18H21F3N6O4S/c1-12(18(19,20)21)31-17(28)27-8-6-13(7-9-27)10-24-32(29,30)15-4-2-14(3-5-15)16-25-22-11-23-26-16/h2-5,11-13,24H,6-10H2,1H3. The van der Waals surface area contributed by atoms with Crippen molar-refractivity contribution in [2.24, 2.45) is 5.92 Å². The van der Waals surface area contributed by atoms with Gasteiger partial charge in [0.2, 0.25) is 15.8 Å². The number of aromatic nitrogens is 4. The fourth-order valence-electron chi connectivity index (χ4n) is 3.03. The van der Waals surface area contributed by atoms with E-state index in [9.17, 15) is 26.4 Å². The van der Waals surface area contributed by atoms with Gasteiger partial charge in [0.05, 0.1) is 4.90 Å². The molecule has 0 aliphatic carbocycles. The zero-order valence-electron chi connectivity index (χ0n) is 17.0. The van der Waals surface area contributed by atoms with Gasteiger partial charge in [-0.2, -0.15) is 13.2 Å². The molecule has 1 aliphatic rings. The number of carbonyl (C=O) groups is 1. The highest BCUT2D eigenvalue weighted by molar-refractivity contribution is 7.89. The van der Waals surface area contributed by atoms with Crippen LogP contribution in [0, 0.1) is 5.92 Å². The van der Waals surface area contributed by atoms with Crippen molar-refractivity contribution in [2.75, 3.05) is 19.6 Å². The van der Waals surface area contributed by atoms with Crippen LogP contribution in [0.25, 0.3) is 11.4 Å². The minimum atomic E-state index is -4.62. The number of hydrogen-bond donors (Lipinski definition) is 1. The van der Waals surface area contributed by atoms with E-state index in [0.717, 1.165) is 6.92 Å². The number of ether oxygens (including phenoxy) is 1. The third-order valence-corrected chi connectivity index (χ3v) is 6.44. The number of halogens is 3. The van der Waals surface area contributed by atoms with Crippen molar-refractivity contribution >= 4 is 16.1 Å². The summed E-state index contributed by atoms with van der Waals surface area (Å²) in [5.74, 6) is 0.197. The van der Waals surface area contributed by atoms with Crippen molar-refractivity contribution in [1.82, 2.24) is 30.0 Å². The highest BCUT2D eigenvalue weighted by Gasteiger charge is 2.40. The van der Waals surface area contributed by atoms with Gasteiger partial charge >= 0.3 is 12.3 Å². The molecule has 2 heterocycles. The number of likely N-dealkylation sites (tertiary alicyclic amines) is 1. The highest BCUT2D eigenvalue weighted by Crippen LogP contribution is 2.24. The predicted molar refractivity (Wildman–Crippen MR) is 105 cm³/mol. The normalized spacial score (nSPS) is 16.6. The number of amides is 1. The summed E-state index contributed by atoms with van der Waals surface area (Å²) in [6.45, 7) is 1.28. The molecule has 3 rings (SSSR count). The summed E-state index contributed by atoms with van der Waals surface area (Å²) in [6.07, 6.45) is -5.78. The van der Waals surface area contributed by atoms with Crippen molar-refractivity contribution in [3.63, 3.8) is 0 Å². The van der Waals surface area contributed by atoms with Crippen molar-refractivity contribution in [3.8, 4) is 11.4 Å². The Morgan fingerprint density at radius 1 is 1.19 bits per heavy atom. The lowest BCUT2D eigenvalue weighted by Crippen LogP contribution is -2.44. The first kappa shape index (κ1) is 23.8. The summed E-state index contributed by atoms with van der Waals surface area (Å²) < 4.78 is 69.7. The maximum absolute atomic E-state index is 12.6. The number of sulfonamides is 1. The van der Waals surface area contributed by atoms with Crippen molar-refractivity contribution in [3.05, 3.63) is 30.6 Å². The van der Waals surface area contributed by atoms with E-state index in [1.165, 1.54) is 23.4 Å². The van der Waals surface area contributed by atoms with E-state index < -0.39 is 28.4 Å². The van der Waals surface area contributed by atoms with Crippen LogP contribution in [-0.2, 0) is 14.8 Å². The van der Waals surface area contributed by atoms with E-state index in [0.29, 0.717) is 18.4 Å². The van der Waals surface area contributed by atoms with E-state index in [2.05, 4.69) is 29.9 Å². The zero-order valence-corrected chi connectivity index (χ0v) is 17.8. The van der Waals surface area contributed by atoms with Crippen LogP contribution >= 0.6 is 0 Å². The van der Waals surface area contributed by atoms with Gasteiger partial charge in [-0.1, -0.05) is 0 Å². The Morgan fingerprint density at radius 2 is 1.78 bits per heavy atom. The first-order valence-corrected chi connectivity index (χ1v) is 11.2. The topological polar surface area (TPSA) is 127 Å². The lowest BCUT2D eigenvalue weighted by molar-refractivity contribution is -0.199. The van der Waals surface area contributed by atoms with Crippen molar-refractivity contribution < 1.29 is 31.1 Å². The van der Waals surface area contributed by atoms with Gasteiger partial charge in [0.1, 0.15) is 0 Å². The molecule has 32 heavy (non-hydrogen) atoms. The molecule has 174 valence electrons. The number of rotatable bonds is 6. The number of alkyl halides is 3. The van der Waals surface area contributed by atoms with Gasteiger partial charge in [0.15, 0.2) is 12.4 Å². The van der Waals surface area contributed by atoms with Gasteiger partial charge < -0.3 is 9.64 Å². The highest BCUT2D eigenvalue weighted by atomic mass is 32.2. The molecule has 1 saturated heterocycles. The molecule has 1 atom stereocenters. The molecule has 0 saturated carbocycles. The summed E-state index contributed by atoms with van der Waals surface area (Å²) in [4.78, 5) is 13.1. The van der Waals surface area contributed by atoms with Crippen LogP contribution < -0.4 is 4.72 Å². The number of piperidine rings is 1. The fourth-order valence-corrected chi connectivity index (χ4v) is 4.14. The third-order valence-electron chi connectivity index (χ3n) is 5.00. The number of benzene rings is 1. The van der Waals surface area contributed by atoms with E-state index in [-0.39, 0.29) is 36.3 Å². The summed E-state index contributed by atoms with van der Waals surface area (Å²) in [7, 11) is -3.77. The molecule has 0 bridgehead atoms. The molecular formula is C18H21F3N6O4S. The second kappa shape index (κ2) is 9.73. The Hall–Kier alpha value is -2.87. The second-order valence-electron chi connectivity index (χ2n) is 7.24. The van der Waals surface area contributed by atoms with Crippen LogP contribution in [-0.4, -0.2) is 71.7 Å². The molecule has 1 fully saturated rings. The smallest absolute Gasteiger partial charge is 0.425 e. The van der Waals surface area contributed by atoms with Gasteiger partial charge in [0.25, 0.3) is 0 Å². The fraction of sp³-hybridized carbons (Fsp3) is 0.500. The molecule has 0 spiro atoms. The summed E-state index contributed by atoms with van der Waals surface area (Å²) >= 11 is 0. The van der Waals surface area contributed by atoms with E-state index in [1.54, 1.807) is 12.1 Å². The molecule has 1 N–H and O–H groups in total. The number of hydrogen-bond acceptors (Lipinski definition) is 8. The number of nitrogens with one attached hydrogen (secondary N) is 1. The maximum atomic E-state index is 12.6. The Kier molecular flexibility index (Phi) is 7.23. The average molecular weight is 474 g/mol. The monoisotopic (exact) mass is 474 g/mol. The number of nitrogens with zero attached hydrogens (tertiary/aromatic N) is 5. The molecule has 0 radical (unpaired) electrons. The SMILES string of the molecule is CC(OC(=O)N1CCC(CNS(=O)(=O)c2ccc(-c3nncnn3)cc2)CC1)C(F)(F)F. The molecule has 10 nitrogen and oxygen atoms in total. The molecule has 1 aliphatic heterocycles. The molecule has 1 aromatic heterocycles. The van der Waals surface area contributed by atoms with Crippen LogP contribution in [0.4, 0.5) is 18.0 Å². The van der Waals surface area contributed by atoms with Crippen LogP contribution in [0.5, 0.6) is 0 Å². The lowest BCUT2D eigenvalue weighted by Gasteiger charge is -2.32. The summed E-state index contributed by atoms with van der Waals surface area (Å²) in [5.41, 5.74) is 0.559. The average Bonchev–Trinajstić information content (AvgIpc) is 2.78. The molecule has 1 amide bonds. The Labute approximate surface area is 182 Å². The van der Waals surface area contributed by atoms with Gasteiger partial charge in [-0.3, -0.25) is 0 Å². The second-order valence-corrected chi connectivity index (χ2v) is 9.01. The predicted octanol–water partition coefficient (Wildman–Crippen LogP) is 2.01. The van der Waals surface area contributed by atoms with Crippen LogP contribution in [0.1, 0.15) is 19.8 Å². The van der Waals surface area contributed by atoms with Gasteiger partial charge in [-0.05, 0) is 49.9 Å². The minimum absolute atomic E-state index is 0.0558. The molecule has 14 heteroatoms. The third kappa shape index (κ3) is 6.09. The Morgan fingerprint density at radius 3 is 2.34 bits per heavy atom. The van der Waals surface area contributed by atoms with Crippen LogP contribution in [0.15, 0.2) is 35.5 Å². The van der Waals surface area contributed by atoms with Crippen molar-refractivity contribution in [2.45, 2.75) is 36.9 Å². The molecule has 1 aromatic carbocycles. The Balaban J connectivity index is 1.49. The van der Waals surface area contributed by atoms with Gasteiger partial charge in [0, 0.05) is 25.2 Å². The lowest BCUT2D eigenvalue weighted by atomic mass is 9.97. The van der Waals surface area contributed by atoms with E-state index >= 15 is 0 Å². The first-order chi connectivity index (χ1) is 15.1. The molecule has 1 unspecified atom stereocenters. The first-order valence-electron chi connectivity index (χ1n) is 9.69. The number of carbonyl (C=O) groups excluding carboxylic acids is 1. The van der Waals surface area contributed by atoms with E-state index in [1.807, 2.05) is 0 Å². The largest absolute Gasteiger partial charge is 0.437 e. The molecular weight excluding hydrogens is 453 g/mol. The minimum Gasteiger partial charge on any atom is -0.437 e. The molecule has 2 aromatic rings. The summed E-state index contributed by atoms with van der Waals surface area (Å²) in [5, 5.41) is 14.8. The van der Waals surface area contributed by atoms with Gasteiger partial charge in [-0.15, -0.1) is 20.4 Å². The van der Waals surface area contributed by atoms with Gasteiger partial charge in [-0.25, -0.2) is 17.9 Å². The van der Waals surface area contributed by atoms with Crippen LogP contribution in [0.3, 0.4) is 0 Å². The summed E-state index contributed by atoms with van der Waals surface area (Å²) in [6, 6.07) is 5.90. The van der Waals surface area contributed by atoms with E-state index in [4.69, 9.17) is 0 Å². The zero-order chi connectivity index (χ0) is 23.4.